The van der Waals surface area contributed by atoms with E-state index in [1.807, 2.05) is 0 Å². The van der Waals surface area contributed by atoms with Gasteiger partial charge >= 0.3 is 0 Å². The number of hydrogen-bond acceptors (Lipinski definition) is 2. The monoisotopic (exact) mass is 873 g/mol. The van der Waals surface area contributed by atoms with Crippen molar-refractivity contribution in [1.82, 2.24) is 0 Å². The summed E-state index contributed by atoms with van der Waals surface area (Å²) in [6.07, 6.45) is 13.3. The molecule has 1 heterocycles. The molecule has 2 nitrogen and oxygen atoms in total. The molecule has 1 aromatic heterocycles. The van der Waals surface area contributed by atoms with Gasteiger partial charge in [-0.25, -0.2) is 0 Å². The fourth-order valence-electron chi connectivity index (χ4n) is 15.7. The van der Waals surface area contributed by atoms with Gasteiger partial charge in [0.25, 0.3) is 0 Å². The minimum absolute atomic E-state index is 0.0738. The third-order valence-corrected chi connectivity index (χ3v) is 18.6. The lowest BCUT2D eigenvalue weighted by Gasteiger charge is -2.61. The van der Waals surface area contributed by atoms with Crippen LogP contribution in [0, 0.1) is 23.7 Å². The average molecular weight is 874 g/mol. The van der Waals surface area contributed by atoms with Gasteiger partial charge in [-0.1, -0.05) is 151 Å². The third-order valence-electron chi connectivity index (χ3n) is 18.6. The summed E-state index contributed by atoms with van der Waals surface area (Å²) in [6.45, 7) is 11.7. The van der Waals surface area contributed by atoms with Gasteiger partial charge in [0.05, 0.1) is 5.69 Å². The molecule has 0 radical (unpaired) electrons. The summed E-state index contributed by atoms with van der Waals surface area (Å²) in [5.74, 6) is 3.68. The molecule has 0 saturated heterocycles. The molecule has 334 valence electrons. The predicted octanol–water partition coefficient (Wildman–Crippen LogP) is 18.1. The van der Waals surface area contributed by atoms with Crippen molar-refractivity contribution in [1.29, 1.82) is 0 Å². The number of fused-ring (bicyclic) bond motifs is 9. The van der Waals surface area contributed by atoms with Crippen LogP contribution < -0.4 is 4.90 Å². The smallest absolute Gasteiger partial charge is 0.159 e. The van der Waals surface area contributed by atoms with E-state index in [-0.39, 0.29) is 16.2 Å². The van der Waals surface area contributed by atoms with Gasteiger partial charge in [-0.05, 0) is 189 Å². The number of anilines is 3. The first-order valence-electron chi connectivity index (χ1n) is 25.9. The summed E-state index contributed by atoms with van der Waals surface area (Å²) in [6, 6.07) is 54.8. The highest BCUT2D eigenvalue weighted by atomic mass is 16.3. The lowest BCUT2D eigenvalue weighted by atomic mass is 9.43. The SMILES string of the molecule is CC(C)(C)c1ccc(-c2cc(C3CCCCC3)c3oc4c(N(c5ccc6c(c5)C(C)(C)c5ccccc5-6)c5ccc6c(c5)C5(c7ccccc7-6)C6CC7CC(C6)CC5C7)cccc4c3c2)cc1. The van der Waals surface area contributed by atoms with Crippen LogP contribution in [0.5, 0.6) is 0 Å². The van der Waals surface area contributed by atoms with Gasteiger partial charge < -0.3 is 9.32 Å². The summed E-state index contributed by atoms with van der Waals surface area (Å²) in [5, 5.41) is 2.43. The van der Waals surface area contributed by atoms with Crippen LogP contribution in [0.1, 0.15) is 138 Å². The van der Waals surface area contributed by atoms with Crippen LogP contribution in [-0.2, 0) is 16.2 Å². The third kappa shape index (κ3) is 5.74. The molecule has 0 aliphatic heterocycles. The van der Waals surface area contributed by atoms with Crippen molar-refractivity contribution < 1.29 is 4.42 Å². The molecule has 5 saturated carbocycles. The Morgan fingerprint density at radius 1 is 0.507 bits per heavy atom. The topological polar surface area (TPSA) is 16.4 Å². The maximum absolute atomic E-state index is 7.52. The highest BCUT2D eigenvalue weighted by Crippen LogP contribution is 2.70. The van der Waals surface area contributed by atoms with Crippen LogP contribution in [-0.4, -0.2) is 0 Å². The maximum atomic E-state index is 7.52. The largest absolute Gasteiger partial charge is 0.454 e. The Morgan fingerprint density at radius 3 is 1.81 bits per heavy atom. The molecule has 7 aromatic carbocycles. The Bertz CT molecular complexity index is 3280. The van der Waals surface area contributed by atoms with Crippen molar-refractivity contribution in [2.24, 2.45) is 23.7 Å². The highest BCUT2D eigenvalue weighted by Gasteiger charge is 2.61. The molecule has 15 rings (SSSR count). The molecule has 8 aromatic rings. The van der Waals surface area contributed by atoms with E-state index < -0.39 is 0 Å². The van der Waals surface area contributed by atoms with E-state index in [1.54, 1.807) is 11.1 Å². The van der Waals surface area contributed by atoms with Gasteiger partial charge in [0.1, 0.15) is 5.58 Å². The Kier molecular flexibility index (Phi) is 8.61. The molecular formula is C65H63NO. The van der Waals surface area contributed by atoms with E-state index in [0.717, 1.165) is 28.7 Å². The predicted molar refractivity (Wildman–Crippen MR) is 279 cm³/mol. The van der Waals surface area contributed by atoms with Gasteiger partial charge in [-0.2, -0.15) is 0 Å². The van der Waals surface area contributed by atoms with Crippen molar-refractivity contribution in [2.45, 2.75) is 121 Å². The van der Waals surface area contributed by atoms with E-state index in [0.29, 0.717) is 17.8 Å². The van der Waals surface area contributed by atoms with Crippen molar-refractivity contribution in [3.63, 3.8) is 0 Å². The van der Waals surface area contributed by atoms with E-state index in [9.17, 15) is 0 Å². The molecule has 5 fully saturated rings. The van der Waals surface area contributed by atoms with Crippen LogP contribution in [0.2, 0.25) is 0 Å². The summed E-state index contributed by atoms with van der Waals surface area (Å²) in [5.41, 5.74) is 22.6. The molecular weight excluding hydrogens is 811 g/mol. The quantitative estimate of drug-likeness (QED) is 0.171. The van der Waals surface area contributed by atoms with Crippen LogP contribution in [0.25, 0.3) is 55.3 Å². The minimum atomic E-state index is -0.126. The normalized spacial score (nSPS) is 24.3. The molecule has 7 aliphatic carbocycles. The maximum Gasteiger partial charge on any atom is 0.159 e. The van der Waals surface area contributed by atoms with Crippen molar-refractivity contribution in [3.05, 3.63) is 173 Å². The first kappa shape index (κ1) is 40.2. The lowest BCUT2D eigenvalue weighted by Crippen LogP contribution is -2.55. The number of hydrogen-bond donors (Lipinski definition) is 0. The van der Waals surface area contributed by atoms with Crippen LogP contribution in [0.15, 0.2) is 144 Å². The minimum Gasteiger partial charge on any atom is -0.454 e. The fourth-order valence-corrected chi connectivity index (χ4v) is 15.7. The van der Waals surface area contributed by atoms with Gasteiger partial charge in [0.2, 0.25) is 0 Å². The number of nitrogens with zero attached hydrogens (tertiary/aromatic N) is 1. The van der Waals surface area contributed by atoms with Crippen LogP contribution in [0.3, 0.4) is 0 Å². The number of para-hydroxylation sites is 1. The second-order valence-electron chi connectivity index (χ2n) is 23.5. The Hall–Kier alpha value is -5.86. The lowest BCUT2D eigenvalue weighted by molar-refractivity contribution is -0.0399. The van der Waals surface area contributed by atoms with Crippen molar-refractivity contribution in [3.8, 4) is 33.4 Å². The molecule has 4 bridgehead atoms. The first-order chi connectivity index (χ1) is 32.6. The zero-order valence-electron chi connectivity index (χ0n) is 40.1. The van der Waals surface area contributed by atoms with Gasteiger partial charge in [-0.3, -0.25) is 0 Å². The fraction of sp³-hybridized carbons (Fsp3) is 0.354. The van der Waals surface area contributed by atoms with Gasteiger partial charge in [0.15, 0.2) is 5.58 Å². The van der Waals surface area contributed by atoms with Crippen LogP contribution >= 0.6 is 0 Å². The molecule has 0 amide bonds. The van der Waals surface area contributed by atoms with Crippen molar-refractivity contribution >= 4 is 39.0 Å². The molecule has 2 heteroatoms. The van der Waals surface area contributed by atoms with Gasteiger partial charge in [-0.15, -0.1) is 0 Å². The van der Waals surface area contributed by atoms with E-state index in [1.165, 1.54) is 142 Å². The first-order valence-corrected chi connectivity index (χ1v) is 25.9. The van der Waals surface area contributed by atoms with E-state index in [2.05, 4.69) is 179 Å². The number of furan rings is 1. The molecule has 7 aliphatic rings. The summed E-state index contributed by atoms with van der Waals surface area (Å²) in [4.78, 5) is 2.59. The summed E-state index contributed by atoms with van der Waals surface area (Å²) in [7, 11) is 0. The zero-order chi connectivity index (χ0) is 45.0. The Morgan fingerprint density at radius 2 is 1.12 bits per heavy atom. The standard InChI is InChI=1S/C65H63NO/c1-63(2,3)44-24-22-41(23-25-44)43-35-54(42-14-7-6-8-15-42)61-55(36-43)53-18-13-21-60(62(53)67-61)66(47-26-28-51-49-16-9-11-19-56(49)64(4,5)58(51)37-47)48-27-29-52-50-17-10-12-20-57(50)65(59(52)38-48)45-31-39-30-40(33-45)34-46(65)32-39/h9-13,16-29,35-40,42,45-46H,6-8,14-15,30-34H2,1-5H3. The molecule has 0 atom stereocenters. The summed E-state index contributed by atoms with van der Waals surface area (Å²) < 4.78 is 7.52. The summed E-state index contributed by atoms with van der Waals surface area (Å²) >= 11 is 0. The zero-order valence-corrected chi connectivity index (χ0v) is 40.1. The van der Waals surface area contributed by atoms with Gasteiger partial charge in [0, 0.05) is 33.0 Å². The van der Waals surface area contributed by atoms with Crippen LogP contribution in [0.4, 0.5) is 17.1 Å². The number of benzene rings is 7. The molecule has 67 heavy (non-hydrogen) atoms. The molecule has 0 unspecified atom stereocenters. The van der Waals surface area contributed by atoms with E-state index in [4.69, 9.17) is 4.42 Å². The second-order valence-corrected chi connectivity index (χ2v) is 23.5. The van der Waals surface area contributed by atoms with Crippen molar-refractivity contribution in [2.75, 3.05) is 4.90 Å². The molecule has 1 spiro atoms. The highest BCUT2D eigenvalue weighted by molar-refractivity contribution is 6.12. The Labute approximate surface area is 397 Å². The Balaban J connectivity index is 1.00. The number of rotatable bonds is 5. The second kappa shape index (κ2) is 14.3. The average Bonchev–Trinajstić information content (AvgIpc) is 3.94. The molecule has 0 N–H and O–H groups in total. The van der Waals surface area contributed by atoms with E-state index >= 15 is 0 Å².